The molecular weight excluding hydrogens is 874 g/mol. The van der Waals surface area contributed by atoms with Crippen LogP contribution in [0.3, 0.4) is 0 Å². The largest absolute Gasteiger partial charge is 0.497 e. The standard InChI is InChI=1S/C48H58FN5O9S2/c1-8-31-24-48(31,45(58)53-65(59,60)63-42-16-12-11-15-36(42)49)25-41(55)40-20-29(26-54(40)44(57)35(47(4,5)6)23-43(56)62-32-13-9-10-14-32)19-30-21-38(39-27-64-46(52-39)50-28(2)3)51-37-22-33(61-7)17-18-34(30)37/h8,11-12,15-18,21-22,27-29,31-32,35,40H,1,9-10,13-14,19-20,23-26H2,2-7H3,(H,50,52)(H,53,58)/t29-,31-,35-,40+,48-/m1/s1. The zero-order chi connectivity index (χ0) is 46.8. The van der Waals surface area contributed by atoms with E-state index in [1.165, 1.54) is 29.5 Å². The van der Waals surface area contributed by atoms with E-state index in [4.69, 9.17) is 23.6 Å². The second kappa shape index (κ2) is 19.2. The third kappa shape index (κ3) is 11.0. The highest BCUT2D eigenvalue weighted by molar-refractivity contribution is 7.85. The molecule has 17 heteroatoms. The lowest BCUT2D eigenvalue weighted by Gasteiger charge is -2.35. The van der Waals surface area contributed by atoms with Crippen LogP contribution in [0, 0.1) is 34.4 Å². The zero-order valence-electron chi connectivity index (χ0n) is 37.7. The molecule has 3 heterocycles. The smallest absolute Gasteiger partial charge is 0.409 e. The van der Waals surface area contributed by atoms with Crippen LogP contribution in [0.25, 0.3) is 22.3 Å². The number of pyridine rings is 1. The van der Waals surface area contributed by atoms with Crippen molar-refractivity contribution in [1.82, 2.24) is 19.6 Å². The zero-order valence-corrected chi connectivity index (χ0v) is 39.4. The number of benzene rings is 2. The number of methoxy groups -OCH3 is 1. The third-order valence-corrected chi connectivity index (χ3v) is 14.4. The van der Waals surface area contributed by atoms with Gasteiger partial charge in [0.1, 0.15) is 17.5 Å². The molecule has 0 spiro atoms. The van der Waals surface area contributed by atoms with E-state index in [0.717, 1.165) is 53.9 Å². The van der Waals surface area contributed by atoms with Crippen molar-refractivity contribution in [3.05, 3.63) is 77.9 Å². The van der Waals surface area contributed by atoms with Crippen LogP contribution in [0.4, 0.5) is 9.52 Å². The van der Waals surface area contributed by atoms with Crippen LogP contribution in [-0.4, -0.2) is 78.7 Å². The second-order valence-corrected chi connectivity index (χ2v) is 21.1. The van der Waals surface area contributed by atoms with Crippen LogP contribution in [0.2, 0.25) is 0 Å². The number of hydrogen-bond donors (Lipinski definition) is 2. The molecule has 2 saturated carbocycles. The number of hydrogen-bond acceptors (Lipinski definition) is 13. The molecule has 0 bridgehead atoms. The number of carbonyl (C=O) groups is 4. The molecule has 4 aromatic rings. The topological polar surface area (TPSA) is 183 Å². The second-order valence-electron chi connectivity index (χ2n) is 19.0. The van der Waals surface area contributed by atoms with Gasteiger partial charge in [0.15, 0.2) is 22.5 Å². The Hall–Kier alpha value is -5.42. The lowest BCUT2D eigenvalue weighted by molar-refractivity contribution is -0.156. The predicted octanol–water partition coefficient (Wildman–Crippen LogP) is 8.22. The number of nitrogens with one attached hydrogen (secondary N) is 2. The highest BCUT2D eigenvalue weighted by atomic mass is 32.2. The Kier molecular flexibility index (Phi) is 14.0. The maximum Gasteiger partial charge on any atom is 0.409 e. The fourth-order valence-corrected chi connectivity index (χ4v) is 10.9. The number of para-hydroxylation sites is 1. The van der Waals surface area contributed by atoms with Gasteiger partial charge < -0.3 is 23.9 Å². The maximum absolute atomic E-state index is 15.0. The molecular formula is C48H58FN5O9S2. The third-order valence-electron chi connectivity index (χ3n) is 12.8. The van der Waals surface area contributed by atoms with E-state index in [-0.39, 0.29) is 49.8 Å². The van der Waals surface area contributed by atoms with Crippen molar-refractivity contribution in [1.29, 1.82) is 0 Å². The monoisotopic (exact) mass is 931 g/mol. The number of rotatable bonds is 18. The number of ketones is 1. The van der Waals surface area contributed by atoms with Gasteiger partial charge in [-0.3, -0.25) is 19.2 Å². The SMILES string of the molecule is C=C[C@@H]1C[C@]1(CC(=O)[C@@H]1C[C@@H](Cc2cc(-c3csc(NC(C)C)n3)nc3cc(OC)ccc23)CN1C(=O)[C@@H](CC(=O)OC1CCCC1)C(C)(C)C)C(=O)NS(=O)(=O)Oc1ccccc1F. The van der Waals surface area contributed by atoms with E-state index in [1.54, 1.807) is 12.0 Å². The minimum absolute atomic E-state index is 0.116. The number of ether oxygens (including phenoxy) is 2. The Morgan fingerprint density at radius 1 is 1.06 bits per heavy atom. The molecule has 3 aliphatic rings. The van der Waals surface area contributed by atoms with Crippen LogP contribution >= 0.6 is 11.3 Å². The number of Topliss-reactive ketones (excluding diaryl/α,β-unsaturated/α-hetero) is 1. The van der Waals surface area contributed by atoms with Crippen LogP contribution in [0.5, 0.6) is 11.5 Å². The van der Waals surface area contributed by atoms with Crippen LogP contribution in [-0.2, 0) is 40.6 Å². The molecule has 5 atom stereocenters. The van der Waals surface area contributed by atoms with Gasteiger partial charge in [-0.15, -0.1) is 17.9 Å². The highest BCUT2D eigenvalue weighted by Gasteiger charge is 2.61. The first-order chi connectivity index (χ1) is 30.8. The first-order valence-corrected chi connectivity index (χ1v) is 24.4. The van der Waals surface area contributed by atoms with Crippen LogP contribution in [0.1, 0.15) is 91.5 Å². The first-order valence-electron chi connectivity index (χ1n) is 22.2. The van der Waals surface area contributed by atoms with E-state index in [0.29, 0.717) is 29.1 Å². The van der Waals surface area contributed by atoms with Crippen molar-refractivity contribution in [3.8, 4) is 22.9 Å². The summed E-state index contributed by atoms with van der Waals surface area (Å²) in [6, 6.07) is 11.7. The number of likely N-dealkylation sites (tertiary alicyclic amines) is 1. The van der Waals surface area contributed by atoms with E-state index >= 15 is 4.79 Å². The molecule has 1 saturated heterocycles. The van der Waals surface area contributed by atoms with Gasteiger partial charge in [-0.1, -0.05) is 39.0 Å². The van der Waals surface area contributed by atoms with E-state index in [1.807, 2.05) is 69.0 Å². The number of allylic oxidation sites excluding steroid dienone is 1. The summed E-state index contributed by atoms with van der Waals surface area (Å²) in [6.07, 6.45) is 5.00. The van der Waals surface area contributed by atoms with Crippen LogP contribution in [0.15, 0.2) is 66.6 Å². The van der Waals surface area contributed by atoms with E-state index in [9.17, 15) is 27.2 Å². The van der Waals surface area contributed by atoms with Crippen molar-refractivity contribution in [2.45, 2.75) is 111 Å². The summed E-state index contributed by atoms with van der Waals surface area (Å²) < 4.78 is 58.6. The van der Waals surface area contributed by atoms with Gasteiger partial charge in [-0.05, 0) is 112 Å². The lowest BCUT2D eigenvalue weighted by Crippen LogP contribution is -2.48. The number of aromatic nitrogens is 2. The molecule has 65 heavy (non-hydrogen) atoms. The van der Waals surface area contributed by atoms with Crippen molar-refractivity contribution in [2.75, 3.05) is 19.0 Å². The van der Waals surface area contributed by atoms with Crippen molar-refractivity contribution in [3.63, 3.8) is 0 Å². The summed E-state index contributed by atoms with van der Waals surface area (Å²) in [5.41, 5.74) is 0.707. The summed E-state index contributed by atoms with van der Waals surface area (Å²) in [4.78, 5) is 68.5. The summed E-state index contributed by atoms with van der Waals surface area (Å²) in [7, 11) is -3.28. The molecule has 7 rings (SSSR count). The first kappa shape index (κ1) is 47.5. The molecule has 2 amide bonds. The van der Waals surface area contributed by atoms with Crippen LogP contribution < -0.4 is 19.0 Å². The number of nitrogens with zero attached hydrogens (tertiary/aromatic N) is 3. The van der Waals surface area contributed by atoms with Gasteiger partial charge in [0.2, 0.25) is 11.8 Å². The normalized spacial score (nSPS) is 21.5. The summed E-state index contributed by atoms with van der Waals surface area (Å²) in [5, 5.41) is 6.90. The summed E-state index contributed by atoms with van der Waals surface area (Å²) in [5.74, 6) is -4.88. The number of esters is 1. The van der Waals surface area contributed by atoms with E-state index < -0.39 is 74.7 Å². The molecule has 1 aliphatic heterocycles. The quantitative estimate of drug-likeness (QED) is 0.0722. The van der Waals surface area contributed by atoms with E-state index in [2.05, 4.69) is 11.9 Å². The fraction of sp³-hybridized carbons (Fsp3) is 0.500. The maximum atomic E-state index is 15.0. The Labute approximate surface area is 384 Å². The van der Waals surface area contributed by atoms with Gasteiger partial charge >= 0.3 is 16.3 Å². The lowest BCUT2D eigenvalue weighted by atomic mass is 9.77. The minimum atomic E-state index is -4.87. The van der Waals surface area contributed by atoms with Gasteiger partial charge in [0, 0.05) is 35.8 Å². The molecule has 348 valence electrons. The molecule has 0 unspecified atom stereocenters. The number of carbonyl (C=O) groups excluding carboxylic acids is 4. The summed E-state index contributed by atoms with van der Waals surface area (Å²) in [6.45, 7) is 13.7. The number of fused-ring (bicyclic) bond motifs is 1. The van der Waals surface area contributed by atoms with Crippen molar-refractivity contribution >= 4 is 61.2 Å². The minimum Gasteiger partial charge on any atom is -0.497 e. The Morgan fingerprint density at radius 2 is 1.80 bits per heavy atom. The van der Waals surface area contributed by atoms with Gasteiger partial charge in [-0.25, -0.2) is 19.1 Å². The Balaban J connectivity index is 1.20. The van der Waals surface area contributed by atoms with Gasteiger partial charge in [0.25, 0.3) is 0 Å². The predicted molar refractivity (Wildman–Crippen MR) is 246 cm³/mol. The molecule has 0 radical (unpaired) electrons. The molecule has 3 fully saturated rings. The molecule has 2 N–H and O–H groups in total. The average Bonchev–Trinajstić information content (AvgIpc) is 3.65. The van der Waals surface area contributed by atoms with Crippen molar-refractivity contribution in [2.24, 2.45) is 28.6 Å². The average molecular weight is 932 g/mol. The highest BCUT2D eigenvalue weighted by Crippen LogP contribution is 2.57. The van der Waals surface area contributed by atoms with Gasteiger partial charge in [0.05, 0.1) is 42.1 Å². The summed E-state index contributed by atoms with van der Waals surface area (Å²) >= 11 is 1.47. The molecule has 14 nitrogen and oxygen atoms in total. The number of anilines is 1. The fourth-order valence-electron chi connectivity index (χ4n) is 9.20. The number of thiazole rings is 1. The molecule has 2 aromatic heterocycles. The number of halogens is 1. The molecule has 2 aromatic carbocycles. The van der Waals surface area contributed by atoms with Crippen molar-refractivity contribution < 1.29 is 45.6 Å². The number of amides is 2. The van der Waals surface area contributed by atoms with Gasteiger partial charge in [-0.2, -0.15) is 8.42 Å². The Bertz CT molecular complexity index is 2570. The Morgan fingerprint density at radius 3 is 2.46 bits per heavy atom. The molecule has 2 aliphatic carbocycles.